The van der Waals surface area contributed by atoms with E-state index in [2.05, 4.69) is 0 Å². The summed E-state index contributed by atoms with van der Waals surface area (Å²) < 4.78 is 0. The summed E-state index contributed by atoms with van der Waals surface area (Å²) in [5, 5.41) is 26.6. The van der Waals surface area contributed by atoms with E-state index in [0.717, 1.165) is 0 Å². The van der Waals surface area contributed by atoms with E-state index in [1.807, 2.05) is 11.8 Å². The van der Waals surface area contributed by atoms with E-state index in [0.29, 0.717) is 26.1 Å². The second-order valence-electron chi connectivity index (χ2n) is 2.81. The molecule has 0 aliphatic carbocycles. The lowest BCUT2D eigenvalue weighted by atomic mass is 10.2. The molecule has 3 N–H and O–H groups in total. The van der Waals surface area contributed by atoms with Crippen LogP contribution in [0, 0.1) is 0 Å². The van der Waals surface area contributed by atoms with Crippen LogP contribution in [0.1, 0.15) is 13.3 Å². The fourth-order valence-electron chi connectivity index (χ4n) is 1.00. The highest BCUT2D eigenvalue weighted by atomic mass is 16.3. The highest BCUT2D eigenvalue weighted by Crippen LogP contribution is 1.95. The monoisotopic (exact) mass is 177 g/mol. The van der Waals surface area contributed by atoms with Crippen LogP contribution in [0.25, 0.3) is 0 Å². The molecule has 1 unspecified atom stereocenters. The molecular weight excluding hydrogens is 158 g/mol. The molecule has 0 rings (SSSR count). The first-order chi connectivity index (χ1) is 5.74. The molecule has 0 bridgehead atoms. The van der Waals surface area contributed by atoms with Crippen molar-refractivity contribution in [3.63, 3.8) is 0 Å². The lowest BCUT2D eigenvalue weighted by molar-refractivity contribution is 0.0853. The molecule has 0 amide bonds. The Kier molecular flexibility index (Phi) is 7.39. The Bertz CT molecular complexity index is 94.3. The van der Waals surface area contributed by atoms with Gasteiger partial charge < -0.3 is 15.3 Å². The van der Waals surface area contributed by atoms with Crippen LogP contribution in [0.2, 0.25) is 0 Å². The van der Waals surface area contributed by atoms with Crippen LogP contribution in [0.15, 0.2) is 0 Å². The predicted molar refractivity (Wildman–Crippen MR) is 46.9 cm³/mol. The molecule has 0 aromatic heterocycles. The number of nitrogens with zero attached hydrogens (tertiary/aromatic N) is 1. The number of hydrogen-bond acceptors (Lipinski definition) is 4. The van der Waals surface area contributed by atoms with E-state index in [4.69, 9.17) is 10.2 Å². The quantitative estimate of drug-likeness (QED) is 0.469. The van der Waals surface area contributed by atoms with Crippen molar-refractivity contribution >= 4 is 0 Å². The Morgan fingerprint density at radius 2 is 1.67 bits per heavy atom. The van der Waals surface area contributed by atoms with Crippen molar-refractivity contribution in [2.45, 2.75) is 19.4 Å². The molecule has 0 heterocycles. The summed E-state index contributed by atoms with van der Waals surface area (Å²) in [4.78, 5) is 1.84. The van der Waals surface area contributed by atoms with E-state index in [1.165, 1.54) is 0 Å². The van der Waals surface area contributed by atoms with Gasteiger partial charge in [-0.3, -0.25) is 4.90 Å². The van der Waals surface area contributed by atoms with Crippen molar-refractivity contribution < 1.29 is 15.3 Å². The van der Waals surface area contributed by atoms with Crippen molar-refractivity contribution in [2.24, 2.45) is 0 Å². The standard InChI is InChI=1S/C8H19NO3/c1-2-8(12)7-9(3-5-10)4-6-11/h8,10-12H,2-7H2,1H3. The Hall–Kier alpha value is -0.160. The lowest BCUT2D eigenvalue weighted by Crippen LogP contribution is -2.36. The van der Waals surface area contributed by atoms with Gasteiger partial charge in [-0.25, -0.2) is 0 Å². The third-order valence-electron chi connectivity index (χ3n) is 1.77. The maximum atomic E-state index is 9.28. The molecule has 1 atom stereocenters. The van der Waals surface area contributed by atoms with Crippen molar-refractivity contribution in [1.29, 1.82) is 0 Å². The maximum Gasteiger partial charge on any atom is 0.0664 e. The molecule has 0 radical (unpaired) electrons. The molecule has 12 heavy (non-hydrogen) atoms. The average molecular weight is 177 g/mol. The summed E-state index contributed by atoms with van der Waals surface area (Å²) in [5.74, 6) is 0. The highest BCUT2D eigenvalue weighted by Gasteiger charge is 2.08. The van der Waals surface area contributed by atoms with E-state index < -0.39 is 0 Å². The second-order valence-corrected chi connectivity index (χ2v) is 2.81. The summed E-state index contributed by atoms with van der Waals surface area (Å²) in [7, 11) is 0. The molecule has 0 spiro atoms. The molecule has 0 saturated carbocycles. The molecule has 0 aliphatic heterocycles. The van der Waals surface area contributed by atoms with Gasteiger partial charge in [-0.05, 0) is 6.42 Å². The third-order valence-corrected chi connectivity index (χ3v) is 1.77. The molecule has 0 aromatic rings. The van der Waals surface area contributed by atoms with Gasteiger partial charge in [0.1, 0.15) is 0 Å². The first kappa shape index (κ1) is 11.8. The minimum Gasteiger partial charge on any atom is -0.395 e. The zero-order chi connectivity index (χ0) is 9.40. The molecular formula is C8H19NO3. The van der Waals surface area contributed by atoms with Gasteiger partial charge in [-0.2, -0.15) is 0 Å². The predicted octanol–water partition coefficient (Wildman–Crippen LogP) is -0.956. The highest BCUT2D eigenvalue weighted by molar-refractivity contribution is 4.62. The van der Waals surface area contributed by atoms with Crippen LogP contribution in [0.4, 0.5) is 0 Å². The van der Waals surface area contributed by atoms with Crippen LogP contribution in [-0.4, -0.2) is 59.2 Å². The molecule has 0 fully saturated rings. The van der Waals surface area contributed by atoms with Gasteiger partial charge in [0, 0.05) is 19.6 Å². The van der Waals surface area contributed by atoms with Crippen molar-refractivity contribution in [3.05, 3.63) is 0 Å². The van der Waals surface area contributed by atoms with Gasteiger partial charge >= 0.3 is 0 Å². The van der Waals surface area contributed by atoms with Crippen LogP contribution < -0.4 is 0 Å². The van der Waals surface area contributed by atoms with E-state index >= 15 is 0 Å². The first-order valence-corrected chi connectivity index (χ1v) is 4.36. The minimum absolute atomic E-state index is 0.0659. The molecule has 4 nitrogen and oxygen atoms in total. The van der Waals surface area contributed by atoms with Gasteiger partial charge in [0.25, 0.3) is 0 Å². The summed E-state index contributed by atoms with van der Waals surface area (Å²) in [5.41, 5.74) is 0. The van der Waals surface area contributed by atoms with Crippen LogP contribution >= 0.6 is 0 Å². The molecule has 0 aromatic carbocycles. The van der Waals surface area contributed by atoms with Gasteiger partial charge in [0.05, 0.1) is 19.3 Å². The average Bonchev–Trinajstić information content (AvgIpc) is 2.05. The number of aliphatic hydroxyl groups excluding tert-OH is 3. The zero-order valence-corrected chi connectivity index (χ0v) is 7.61. The SMILES string of the molecule is CCC(O)CN(CCO)CCO. The largest absolute Gasteiger partial charge is 0.395 e. The van der Waals surface area contributed by atoms with Crippen molar-refractivity contribution in [2.75, 3.05) is 32.8 Å². The lowest BCUT2D eigenvalue weighted by Gasteiger charge is -2.22. The van der Waals surface area contributed by atoms with Gasteiger partial charge in [-0.15, -0.1) is 0 Å². The van der Waals surface area contributed by atoms with E-state index in [-0.39, 0.29) is 19.3 Å². The molecule has 74 valence electrons. The summed E-state index contributed by atoms with van der Waals surface area (Å²) in [6.07, 6.45) is 0.344. The molecule has 0 aliphatic rings. The van der Waals surface area contributed by atoms with Crippen LogP contribution in [0.5, 0.6) is 0 Å². The zero-order valence-electron chi connectivity index (χ0n) is 7.61. The topological polar surface area (TPSA) is 63.9 Å². The summed E-state index contributed by atoms with van der Waals surface area (Å²) in [6, 6.07) is 0. The number of hydrogen-bond donors (Lipinski definition) is 3. The summed E-state index contributed by atoms with van der Waals surface area (Å²) in [6.45, 7) is 3.58. The summed E-state index contributed by atoms with van der Waals surface area (Å²) >= 11 is 0. The van der Waals surface area contributed by atoms with Gasteiger partial charge in [0.2, 0.25) is 0 Å². The minimum atomic E-state index is -0.358. The molecule has 4 heteroatoms. The Morgan fingerprint density at radius 3 is 2.00 bits per heavy atom. The van der Waals surface area contributed by atoms with Gasteiger partial charge in [-0.1, -0.05) is 6.92 Å². The Morgan fingerprint density at radius 1 is 1.17 bits per heavy atom. The van der Waals surface area contributed by atoms with E-state index in [9.17, 15) is 5.11 Å². The number of aliphatic hydroxyl groups is 3. The maximum absolute atomic E-state index is 9.28. The van der Waals surface area contributed by atoms with Crippen molar-refractivity contribution in [3.8, 4) is 0 Å². The van der Waals surface area contributed by atoms with Crippen LogP contribution in [0.3, 0.4) is 0 Å². The van der Waals surface area contributed by atoms with E-state index in [1.54, 1.807) is 0 Å². The normalized spacial score (nSPS) is 13.8. The third kappa shape index (κ3) is 5.49. The Balaban J connectivity index is 3.61. The fourth-order valence-corrected chi connectivity index (χ4v) is 1.00. The van der Waals surface area contributed by atoms with Crippen LogP contribution in [-0.2, 0) is 0 Å². The second kappa shape index (κ2) is 7.49. The fraction of sp³-hybridized carbons (Fsp3) is 1.00. The molecule has 0 saturated heterocycles. The van der Waals surface area contributed by atoms with Crippen molar-refractivity contribution in [1.82, 2.24) is 4.90 Å². The van der Waals surface area contributed by atoms with Gasteiger partial charge in [0.15, 0.2) is 0 Å². The first-order valence-electron chi connectivity index (χ1n) is 4.36. The Labute approximate surface area is 73.4 Å². The smallest absolute Gasteiger partial charge is 0.0664 e. The number of rotatable bonds is 7.